The SMILES string of the molecule is O=C(CC1SC(=Nc2ccccc2)N(Cc2ccc(F)cc2)C1=O)Nc1cccc(C(F)(F)F)c1. The summed E-state index contributed by atoms with van der Waals surface area (Å²) in [6.07, 6.45) is -4.80. The summed E-state index contributed by atoms with van der Waals surface area (Å²) in [6, 6.07) is 18.9. The number of alkyl halides is 3. The van der Waals surface area contributed by atoms with Crippen LogP contribution >= 0.6 is 11.8 Å². The van der Waals surface area contributed by atoms with Crippen molar-refractivity contribution in [3.05, 3.63) is 95.8 Å². The van der Waals surface area contributed by atoms with Crippen molar-refractivity contribution >= 4 is 40.1 Å². The molecule has 1 atom stereocenters. The average molecular weight is 502 g/mol. The first-order chi connectivity index (χ1) is 16.7. The number of carbonyl (C=O) groups excluding carboxylic acids is 2. The maximum Gasteiger partial charge on any atom is 0.416 e. The maximum absolute atomic E-state index is 13.3. The number of amidine groups is 1. The largest absolute Gasteiger partial charge is 0.416 e. The van der Waals surface area contributed by atoms with Crippen molar-refractivity contribution < 1.29 is 27.2 Å². The van der Waals surface area contributed by atoms with Gasteiger partial charge in [0.15, 0.2) is 5.17 Å². The number of halogens is 4. The molecule has 10 heteroatoms. The number of aliphatic imine (C=N–C) groups is 1. The van der Waals surface area contributed by atoms with E-state index in [1.54, 1.807) is 36.4 Å². The Morgan fingerprint density at radius 3 is 2.40 bits per heavy atom. The lowest BCUT2D eigenvalue weighted by Gasteiger charge is -2.16. The van der Waals surface area contributed by atoms with Crippen molar-refractivity contribution in [1.29, 1.82) is 0 Å². The van der Waals surface area contributed by atoms with E-state index >= 15 is 0 Å². The molecule has 1 fully saturated rings. The van der Waals surface area contributed by atoms with Crippen LogP contribution in [0.15, 0.2) is 83.9 Å². The second-order valence-electron chi connectivity index (χ2n) is 7.72. The minimum atomic E-state index is -4.54. The highest BCUT2D eigenvalue weighted by atomic mass is 32.2. The van der Waals surface area contributed by atoms with Gasteiger partial charge < -0.3 is 5.32 Å². The molecule has 1 N–H and O–H groups in total. The van der Waals surface area contributed by atoms with Gasteiger partial charge in [0, 0.05) is 12.1 Å². The van der Waals surface area contributed by atoms with E-state index in [2.05, 4.69) is 10.3 Å². The van der Waals surface area contributed by atoms with Crippen LogP contribution in [0.1, 0.15) is 17.5 Å². The van der Waals surface area contributed by atoms with E-state index in [1.807, 2.05) is 6.07 Å². The number of amides is 2. The van der Waals surface area contributed by atoms with E-state index < -0.39 is 28.7 Å². The van der Waals surface area contributed by atoms with E-state index in [0.29, 0.717) is 16.4 Å². The van der Waals surface area contributed by atoms with E-state index in [1.165, 1.54) is 29.2 Å². The third kappa shape index (κ3) is 6.27. The second kappa shape index (κ2) is 10.3. The minimum Gasteiger partial charge on any atom is -0.326 e. The number of carbonyl (C=O) groups is 2. The topological polar surface area (TPSA) is 61.8 Å². The van der Waals surface area contributed by atoms with Gasteiger partial charge in [-0.15, -0.1) is 0 Å². The summed E-state index contributed by atoms with van der Waals surface area (Å²) in [5.41, 5.74) is 0.391. The molecule has 5 nitrogen and oxygen atoms in total. The van der Waals surface area contributed by atoms with Crippen LogP contribution in [0, 0.1) is 5.82 Å². The van der Waals surface area contributed by atoms with Gasteiger partial charge in [0.05, 0.1) is 17.8 Å². The third-order valence-corrected chi connectivity index (χ3v) is 6.27. The Labute approximate surface area is 202 Å². The summed E-state index contributed by atoms with van der Waals surface area (Å²) in [5, 5.41) is 1.99. The molecule has 1 saturated heterocycles. The fourth-order valence-electron chi connectivity index (χ4n) is 3.41. The van der Waals surface area contributed by atoms with Gasteiger partial charge in [0.25, 0.3) is 0 Å². The number of nitrogens with one attached hydrogen (secondary N) is 1. The molecule has 1 aliphatic heterocycles. The van der Waals surface area contributed by atoms with Crippen molar-refractivity contribution in [3.8, 4) is 0 Å². The fourth-order valence-corrected chi connectivity index (χ4v) is 4.57. The van der Waals surface area contributed by atoms with E-state index in [4.69, 9.17) is 0 Å². The first-order valence-corrected chi connectivity index (χ1v) is 11.4. The smallest absolute Gasteiger partial charge is 0.326 e. The summed E-state index contributed by atoms with van der Waals surface area (Å²) in [5.74, 6) is -1.37. The Kier molecular flexibility index (Phi) is 7.20. The normalized spacial score (nSPS) is 17.1. The summed E-state index contributed by atoms with van der Waals surface area (Å²) in [6.45, 7) is 0.128. The van der Waals surface area contributed by atoms with Crippen LogP contribution in [0.25, 0.3) is 0 Å². The number of hydrogen-bond acceptors (Lipinski definition) is 4. The Morgan fingerprint density at radius 1 is 1.00 bits per heavy atom. The number of thioether (sulfide) groups is 1. The third-order valence-electron chi connectivity index (χ3n) is 5.10. The molecular formula is C25H19F4N3O2S. The first kappa shape index (κ1) is 24.5. The van der Waals surface area contributed by atoms with Crippen molar-refractivity contribution in [1.82, 2.24) is 4.90 Å². The fraction of sp³-hybridized carbons (Fsp3) is 0.160. The number of nitrogens with zero attached hydrogens (tertiary/aromatic N) is 2. The highest BCUT2D eigenvalue weighted by Gasteiger charge is 2.39. The van der Waals surface area contributed by atoms with E-state index in [-0.39, 0.29) is 24.6 Å². The molecule has 0 spiro atoms. The Hall–Kier alpha value is -3.66. The predicted octanol–water partition coefficient (Wildman–Crippen LogP) is 6.01. The molecule has 0 radical (unpaired) electrons. The lowest BCUT2D eigenvalue weighted by molar-refractivity contribution is -0.137. The molecule has 1 aliphatic rings. The molecule has 180 valence electrons. The standard InChI is InChI=1S/C25H19F4N3O2S/c26-18-11-9-16(10-12-18)15-32-23(34)21(35-24(32)31-19-6-2-1-3-7-19)14-22(33)30-20-8-4-5-17(13-20)25(27,28)29/h1-13,21H,14-15H2,(H,30,33). The molecule has 2 amide bonds. The van der Waals surface area contributed by atoms with Crippen molar-refractivity contribution in [2.24, 2.45) is 4.99 Å². The van der Waals surface area contributed by atoms with Crippen LogP contribution < -0.4 is 5.32 Å². The van der Waals surface area contributed by atoms with E-state index in [9.17, 15) is 27.2 Å². The monoisotopic (exact) mass is 501 g/mol. The van der Waals surface area contributed by atoms with Crippen molar-refractivity contribution in [3.63, 3.8) is 0 Å². The van der Waals surface area contributed by atoms with Gasteiger partial charge >= 0.3 is 6.18 Å². The van der Waals surface area contributed by atoms with Gasteiger partial charge in [-0.2, -0.15) is 13.2 Å². The highest BCUT2D eigenvalue weighted by Crippen LogP contribution is 2.34. The molecule has 0 bridgehead atoms. The Balaban J connectivity index is 1.52. The predicted molar refractivity (Wildman–Crippen MR) is 127 cm³/mol. The van der Waals surface area contributed by atoms with Crippen LogP contribution in [0.3, 0.4) is 0 Å². The molecule has 4 rings (SSSR count). The van der Waals surface area contributed by atoms with E-state index in [0.717, 1.165) is 23.9 Å². The zero-order chi connectivity index (χ0) is 25.0. The van der Waals surface area contributed by atoms with Crippen LogP contribution in [0.4, 0.5) is 28.9 Å². The minimum absolute atomic E-state index is 0.0124. The van der Waals surface area contributed by atoms with Gasteiger partial charge in [0.1, 0.15) is 11.1 Å². The molecular weight excluding hydrogens is 482 g/mol. The number of benzene rings is 3. The molecule has 0 aliphatic carbocycles. The number of anilines is 1. The zero-order valence-electron chi connectivity index (χ0n) is 18.1. The van der Waals surface area contributed by atoms with Gasteiger partial charge in [-0.05, 0) is 48.0 Å². The second-order valence-corrected chi connectivity index (χ2v) is 8.89. The van der Waals surface area contributed by atoms with Crippen molar-refractivity contribution in [2.75, 3.05) is 5.32 Å². The van der Waals surface area contributed by atoms with Crippen molar-refractivity contribution in [2.45, 2.75) is 24.4 Å². The van der Waals surface area contributed by atoms with Gasteiger partial charge in [-0.3, -0.25) is 14.5 Å². The Bertz CT molecular complexity index is 1250. The molecule has 3 aromatic carbocycles. The molecule has 0 saturated carbocycles. The molecule has 1 unspecified atom stereocenters. The van der Waals surface area contributed by atoms with Crippen LogP contribution in [0.5, 0.6) is 0 Å². The van der Waals surface area contributed by atoms with Gasteiger partial charge in [0.2, 0.25) is 11.8 Å². The van der Waals surface area contributed by atoms with Gasteiger partial charge in [-0.1, -0.05) is 48.2 Å². The lowest BCUT2D eigenvalue weighted by atomic mass is 10.1. The Morgan fingerprint density at radius 2 is 1.71 bits per heavy atom. The van der Waals surface area contributed by atoms with Gasteiger partial charge in [-0.25, -0.2) is 9.38 Å². The zero-order valence-corrected chi connectivity index (χ0v) is 18.9. The average Bonchev–Trinajstić information content (AvgIpc) is 3.09. The number of para-hydroxylation sites is 1. The van der Waals surface area contributed by atoms with Crippen LogP contribution in [-0.4, -0.2) is 27.1 Å². The molecule has 3 aromatic rings. The summed E-state index contributed by atoms with van der Waals surface area (Å²) in [4.78, 5) is 31.7. The van der Waals surface area contributed by atoms with Crippen LogP contribution in [0.2, 0.25) is 0 Å². The first-order valence-electron chi connectivity index (χ1n) is 10.5. The number of hydrogen-bond donors (Lipinski definition) is 1. The summed E-state index contributed by atoms with van der Waals surface area (Å²) >= 11 is 1.10. The molecule has 35 heavy (non-hydrogen) atoms. The molecule has 1 heterocycles. The number of rotatable bonds is 6. The molecule has 0 aromatic heterocycles. The lowest BCUT2D eigenvalue weighted by Crippen LogP contribution is -2.33. The van der Waals surface area contributed by atoms with Crippen LogP contribution in [-0.2, 0) is 22.3 Å². The summed E-state index contributed by atoms with van der Waals surface area (Å²) in [7, 11) is 0. The quantitative estimate of drug-likeness (QED) is 0.421. The summed E-state index contributed by atoms with van der Waals surface area (Å²) < 4.78 is 52.2. The maximum atomic E-state index is 13.3. The highest BCUT2D eigenvalue weighted by molar-refractivity contribution is 8.15.